The van der Waals surface area contributed by atoms with E-state index in [0.717, 1.165) is 51.2 Å². The van der Waals surface area contributed by atoms with E-state index in [9.17, 15) is 0 Å². The number of fused-ring (bicyclic) bond motifs is 2. The van der Waals surface area contributed by atoms with Crippen molar-refractivity contribution in [1.82, 2.24) is 0 Å². The number of para-hydroxylation sites is 3. The second kappa shape index (κ2) is 17.1. The molecular weight excluding hydrogens is 799 g/mol. The Bertz CT molecular complexity index is 3000. The van der Waals surface area contributed by atoms with Gasteiger partial charge in [-0.2, -0.15) is 0 Å². The van der Waals surface area contributed by atoms with Gasteiger partial charge in [0.2, 0.25) is 0 Å². The largest absolute Gasteiger partial charge is 0.310 e. The number of nitrogens with zero attached hydrogens (tertiary/aromatic N) is 3. The van der Waals surface area contributed by atoms with Gasteiger partial charge in [-0.25, -0.2) is 0 Å². The van der Waals surface area contributed by atoms with E-state index in [1.807, 2.05) is 0 Å². The van der Waals surface area contributed by atoms with Crippen LogP contribution in [0.3, 0.4) is 0 Å². The normalized spacial score (nSPS) is 12.6. The lowest BCUT2D eigenvalue weighted by Crippen LogP contribution is -2.37. The third kappa shape index (κ3) is 7.45. The van der Waals surface area contributed by atoms with Crippen LogP contribution >= 0.6 is 0 Å². The van der Waals surface area contributed by atoms with Crippen molar-refractivity contribution in [2.45, 2.75) is 60.8 Å². The third-order valence-electron chi connectivity index (χ3n) is 13.7. The van der Waals surface area contributed by atoms with E-state index in [0.29, 0.717) is 0 Å². The molecular formula is C63H57N3. The van der Waals surface area contributed by atoms with Crippen LogP contribution in [0.4, 0.5) is 51.2 Å². The Balaban J connectivity index is 1.21. The minimum absolute atomic E-state index is 0.675. The summed E-state index contributed by atoms with van der Waals surface area (Å²) in [6.07, 6.45) is 0. The van der Waals surface area contributed by atoms with Gasteiger partial charge < -0.3 is 14.7 Å². The minimum atomic E-state index is -0.675. The first-order valence-electron chi connectivity index (χ1n) is 23.2. The molecule has 0 aromatic heterocycles. The summed E-state index contributed by atoms with van der Waals surface area (Å²) in [5.74, 6) is 0. The van der Waals surface area contributed by atoms with E-state index in [1.165, 1.54) is 66.8 Å². The van der Waals surface area contributed by atoms with E-state index in [2.05, 4.69) is 270 Å². The van der Waals surface area contributed by atoms with Gasteiger partial charge in [-0.1, -0.05) is 103 Å². The summed E-state index contributed by atoms with van der Waals surface area (Å²) in [5.41, 5.74) is 24.5. The van der Waals surface area contributed by atoms with Gasteiger partial charge in [0.25, 0.3) is 0 Å². The highest BCUT2D eigenvalue weighted by Crippen LogP contribution is 2.58. The highest BCUT2D eigenvalue weighted by molar-refractivity contribution is 5.90. The minimum Gasteiger partial charge on any atom is -0.310 e. The van der Waals surface area contributed by atoms with Crippen LogP contribution in [0.1, 0.15) is 66.8 Å². The lowest BCUT2D eigenvalue weighted by atomic mass is 9.62. The number of anilines is 9. The topological polar surface area (TPSA) is 9.72 Å². The molecule has 1 heterocycles. The second-order valence-corrected chi connectivity index (χ2v) is 18.4. The van der Waals surface area contributed by atoms with Gasteiger partial charge in [-0.3, -0.25) is 0 Å². The van der Waals surface area contributed by atoms with Crippen molar-refractivity contribution in [3.05, 3.63) is 267 Å². The van der Waals surface area contributed by atoms with Crippen LogP contribution in [0.15, 0.2) is 200 Å². The Morgan fingerprint density at radius 3 is 1.06 bits per heavy atom. The maximum Gasteiger partial charge on any atom is 0.0742 e. The van der Waals surface area contributed by atoms with E-state index in [4.69, 9.17) is 0 Å². The van der Waals surface area contributed by atoms with Crippen molar-refractivity contribution < 1.29 is 0 Å². The first-order valence-corrected chi connectivity index (χ1v) is 23.2. The van der Waals surface area contributed by atoms with Crippen LogP contribution in [0.5, 0.6) is 0 Å². The number of benzene rings is 9. The maximum atomic E-state index is 2.44. The van der Waals surface area contributed by atoms with Crippen LogP contribution in [0.2, 0.25) is 0 Å². The standard InChI is InChI=1S/C63H57N3/c1-42-34-43(2)37-57(36-42)64(55-28-22-46(5)48(7)40-55)53-30-24-50(25-31-53)63(59-18-12-14-20-61(59)66(52-16-10-9-11-17-52)62-21-15-13-19-60(62)63)51-26-32-54(33-27-51)65(56-29-23-47(6)49(8)41-56)58-38-44(3)35-45(4)39-58/h9-41H,1-8H3. The molecule has 0 unspecified atom stereocenters. The van der Waals surface area contributed by atoms with Crippen LogP contribution in [0, 0.1) is 55.4 Å². The molecule has 0 amide bonds. The summed E-state index contributed by atoms with van der Waals surface area (Å²) >= 11 is 0. The van der Waals surface area contributed by atoms with Crippen LogP contribution in [-0.4, -0.2) is 0 Å². The van der Waals surface area contributed by atoms with Crippen molar-refractivity contribution in [2.24, 2.45) is 0 Å². The molecule has 0 radical (unpaired) electrons. The van der Waals surface area contributed by atoms with E-state index in [-0.39, 0.29) is 0 Å². The van der Waals surface area contributed by atoms with E-state index >= 15 is 0 Å². The predicted molar refractivity (Wildman–Crippen MR) is 280 cm³/mol. The molecule has 9 aromatic carbocycles. The fourth-order valence-electron chi connectivity index (χ4n) is 10.4. The molecule has 1 aliphatic heterocycles. The summed E-state index contributed by atoms with van der Waals surface area (Å²) in [6.45, 7) is 17.5. The summed E-state index contributed by atoms with van der Waals surface area (Å²) in [4.78, 5) is 7.26. The Hall–Kier alpha value is -7.62. The molecule has 324 valence electrons. The first kappa shape index (κ1) is 42.3. The molecule has 66 heavy (non-hydrogen) atoms. The molecule has 3 nitrogen and oxygen atoms in total. The zero-order valence-electron chi connectivity index (χ0n) is 39.4. The molecule has 10 rings (SSSR count). The van der Waals surface area contributed by atoms with Crippen molar-refractivity contribution in [3.8, 4) is 0 Å². The van der Waals surface area contributed by atoms with Crippen LogP contribution in [-0.2, 0) is 5.41 Å². The Labute approximate surface area is 391 Å². The molecule has 1 aliphatic rings. The van der Waals surface area contributed by atoms with Gasteiger partial charge in [0, 0.05) is 39.8 Å². The van der Waals surface area contributed by atoms with Crippen LogP contribution < -0.4 is 14.7 Å². The monoisotopic (exact) mass is 855 g/mol. The van der Waals surface area contributed by atoms with Crippen molar-refractivity contribution >= 4 is 51.2 Å². The SMILES string of the molecule is Cc1cc(C)cc(N(c2ccc(C3(c4ccc(N(c5cc(C)cc(C)c5)c5ccc(C)c(C)c5)cc4)c4ccccc4N(c4ccccc4)c4ccccc43)cc2)c2ccc(C)c(C)c2)c1. The van der Waals surface area contributed by atoms with Gasteiger partial charge in [-0.15, -0.1) is 0 Å². The fourth-order valence-corrected chi connectivity index (χ4v) is 10.4. The van der Waals surface area contributed by atoms with Crippen LogP contribution in [0.25, 0.3) is 0 Å². The smallest absolute Gasteiger partial charge is 0.0742 e. The van der Waals surface area contributed by atoms with Crippen molar-refractivity contribution in [3.63, 3.8) is 0 Å². The van der Waals surface area contributed by atoms with Crippen molar-refractivity contribution in [1.29, 1.82) is 0 Å². The average molecular weight is 856 g/mol. The molecule has 0 spiro atoms. The van der Waals surface area contributed by atoms with Crippen molar-refractivity contribution in [2.75, 3.05) is 14.7 Å². The third-order valence-corrected chi connectivity index (χ3v) is 13.7. The van der Waals surface area contributed by atoms with Gasteiger partial charge in [-0.05, 0) is 219 Å². The van der Waals surface area contributed by atoms with Gasteiger partial charge in [0.1, 0.15) is 0 Å². The molecule has 9 aromatic rings. The lowest BCUT2D eigenvalue weighted by Gasteiger charge is -2.46. The molecule has 0 fully saturated rings. The molecule has 0 atom stereocenters. The fraction of sp³-hybridized carbons (Fsp3) is 0.143. The Morgan fingerprint density at radius 1 is 0.303 bits per heavy atom. The zero-order valence-corrected chi connectivity index (χ0v) is 39.4. The Kier molecular flexibility index (Phi) is 10.9. The molecule has 0 saturated carbocycles. The zero-order chi connectivity index (χ0) is 45.7. The quantitative estimate of drug-likeness (QED) is 0.143. The van der Waals surface area contributed by atoms with E-state index < -0.39 is 5.41 Å². The predicted octanol–water partition coefficient (Wildman–Crippen LogP) is 17.3. The number of hydrogen-bond acceptors (Lipinski definition) is 3. The van der Waals surface area contributed by atoms with Gasteiger partial charge in [0.05, 0.1) is 16.8 Å². The summed E-state index contributed by atoms with van der Waals surface area (Å²) in [6, 6.07) is 74.9. The second-order valence-electron chi connectivity index (χ2n) is 18.4. The first-order chi connectivity index (χ1) is 32.0. The molecule has 0 bridgehead atoms. The molecule has 0 aliphatic carbocycles. The summed E-state index contributed by atoms with van der Waals surface area (Å²) in [5, 5.41) is 0. The lowest BCUT2D eigenvalue weighted by molar-refractivity contribution is 0.731. The van der Waals surface area contributed by atoms with Gasteiger partial charge in [0.15, 0.2) is 0 Å². The number of aryl methyl sites for hydroxylation is 8. The number of hydrogen-bond donors (Lipinski definition) is 0. The maximum absolute atomic E-state index is 2.44. The molecule has 0 saturated heterocycles. The highest BCUT2D eigenvalue weighted by atomic mass is 15.2. The molecule has 3 heteroatoms. The van der Waals surface area contributed by atoms with Gasteiger partial charge >= 0.3 is 0 Å². The molecule has 0 N–H and O–H groups in total. The highest BCUT2D eigenvalue weighted by Gasteiger charge is 2.46. The summed E-state index contributed by atoms with van der Waals surface area (Å²) in [7, 11) is 0. The number of rotatable bonds is 9. The summed E-state index contributed by atoms with van der Waals surface area (Å²) < 4.78 is 0. The Morgan fingerprint density at radius 2 is 0.667 bits per heavy atom. The van der Waals surface area contributed by atoms with E-state index in [1.54, 1.807) is 0 Å². The average Bonchev–Trinajstić information content (AvgIpc) is 3.31.